The van der Waals surface area contributed by atoms with E-state index in [1.807, 2.05) is 6.08 Å². The van der Waals surface area contributed by atoms with E-state index in [1.165, 1.54) is 0 Å². The van der Waals surface area contributed by atoms with Crippen LogP contribution in [0.3, 0.4) is 0 Å². The molecule has 60 valence electrons. The number of hydrogen-bond donors (Lipinski definition) is 2. The molecular formula is C8H16OS. The van der Waals surface area contributed by atoms with Crippen molar-refractivity contribution in [2.75, 3.05) is 5.75 Å². The molecule has 0 rings (SSSR count). The van der Waals surface area contributed by atoms with E-state index in [2.05, 4.69) is 25.6 Å². The van der Waals surface area contributed by atoms with Crippen LogP contribution < -0.4 is 0 Å². The summed E-state index contributed by atoms with van der Waals surface area (Å²) in [4.78, 5) is 0. The summed E-state index contributed by atoms with van der Waals surface area (Å²) in [6.07, 6.45) is 5.78. The van der Waals surface area contributed by atoms with Crippen molar-refractivity contribution in [2.24, 2.45) is 0 Å². The highest BCUT2D eigenvalue weighted by Gasteiger charge is 2.14. The van der Waals surface area contributed by atoms with Crippen molar-refractivity contribution in [1.82, 2.24) is 0 Å². The third kappa shape index (κ3) is 4.89. The third-order valence-electron chi connectivity index (χ3n) is 1.30. The van der Waals surface area contributed by atoms with Gasteiger partial charge in [0.25, 0.3) is 0 Å². The van der Waals surface area contributed by atoms with Crippen LogP contribution in [-0.2, 0) is 0 Å². The lowest BCUT2D eigenvalue weighted by Crippen LogP contribution is -2.24. The quantitative estimate of drug-likeness (QED) is 0.476. The molecule has 10 heavy (non-hydrogen) atoms. The van der Waals surface area contributed by atoms with Gasteiger partial charge in [0.15, 0.2) is 0 Å². The molecule has 0 bridgehead atoms. The molecule has 0 aromatic carbocycles. The first-order valence-electron chi connectivity index (χ1n) is 3.60. The van der Waals surface area contributed by atoms with Crippen LogP contribution in [0.2, 0.25) is 0 Å². The molecule has 0 heterocycles. The Hall–Kier alpha value is 0.0500. The molecule has 0 aliphatic carbocycles. The Morgan fingerprint density at radius 1 is 1.50 bits per heavy atom. The van der Waals surface area contributed by atoms with Crippen molar-refractivity contribution in [3.8, 4) is 0 Å². The van der Waals surface area contributed by atoms with Crippen LogP contribution in [0.25, 0.3) is 0 Å². The van der Waals surface area contributed by atoms with Gasteiger partial charge in [-0.1, -0.05) is 19.1 Å². The van der Waals surface area contributed by atoms with E-state index in [-0.39, 0.29) is 0 Å². The Balaban J connectivity index is 3.56. The van der Waals surface area contributed by atoms with E-state index in [1.54, 1.807) is 6.92 Å². The fraction of sp³-hybridized carbons (Fsp3) is 0.750. The molecular weight excluding hydrogens is 144 g/mol. The highest BCUT2D eigenvalue weighted by atomic mass is 32.1. The number of rotatable bonds is 4. The average Bonchev–Trinajstić information content (AvgIpc) is 1.89. The summed E-state index contributed by atoms with van der Waals surface area (Å²) >= 11 is 4.02. The van der Waals surface area contributed by atoms with Crippen molar-refractivity contribution in [3.63, 3.8) is 0 Å². The summed E-state index contributed by atoms with van der Waals surface area (Å²) in [5.41, 5.74) is -0.630. The first kappa shape index (κ1) is 10.0. The number of aliphatic hydroxyl groups is 1. The minimum atomic E-state index is -0.630. The number of thiol groups is 1. The molecule has 1 nitrogen and oxygen atoms in total. The van der Waals surface area contributed by atoms with Gasteiger partial charge in [0.2, 0.25) is 0 Å². The average molecular weight is 160 g/mol. The van der Waals surface area contributed by atoms with Gasteiger partial charge in [0.05, 0.1) is 5.60 Å². The number of allylic oxidation sites excluding steroid dienone is 1. The third-order valence-corrected chi connectivity index (χ3v) is 1.98. The molecule has 1 unspecified atom stereocenters. The second-order valence-corrected chi connectivity index (χ2v) is 3.06. The lowest BCUT2D eigenvalue weighted by Gasteiger charge is -2.17. The van der Waals surface area contributed by atoms with Crippen molar-refractivity contribution in [2.45, 2.75) is 32.3 Å². The Bertz CT molecular complexity index is 108. The zero-order valence-electron chi connectivity index (χ0n) is 6.67. The smallest absolute Gasteiger partial charge is 0.0741 e. The van der Waals surface area contributed by atoms with Gasteiger partial charge in [-0.2, -0.15) is 12.6 Å². The molecule has 0 spiro atoms. The van der Waals surface area contributed by atoms with Gasteiger partial charge in [-0.15, -0.1) is 0 Å². The molecule has 1 N–H and O–H groups in total. The van der Waals surface area contributed by atoms with Gasteiger partial charge >= 0.3 is 0 Å². The molecule has 0 amide bonds. The first-order chi connectivity index (χ1) is 4.62. The normalized spacial score (nSPS) is 17.6. The Morgan fingerprint density at radius 3 is 2.50 bits per heavy atom. The second kappa shape index (κ2) is 4.80. The van der Waals surface area contributed by atoms with Crippen LogP contribution in [0.4, 0.5) is 0 Å². The van der Waals surface area contributed by atoms with Gasteiger partial charge in [-0.05, 0) is 19.8 Å². The molecule has 0 saturated carbocycles. The lowest BCUT2D eigenvalue weighted by atomic mass is 10.1. The van der Waals surface area contributed by atoms with Crippen LogP contribution in [0.5, 0.6) is 0 Å². The van der Waals surface area contributed by atoms with Crippen LogP contribution >= 0.6 is 12.6 Å². The van der Waals surface area contributed by atoms with E-state index in [4.69, 9.17) is 0 Å². The van der Waals surface area contributed by atoms with Crippen LogP contribution in [0, 0.1) is 0 Å². The van der Waals surface area contributed by atoms with Gasteiger partial charge in [-0.25, -0.2) is 0 Å². The van der Waals surface area contributed by atoms with E-state index < -0.39 is 5.60 Å². The Kier molecular flexibility index (Phi) is 4.83. The van der Waals surface area contributed by atoms with Gasteiger partial charge in [0, 0.05) is 5.75 Å². The summed E-state index contributed by atoms with van der Waals surface area (Å²) < 4.78 is 0. The van der Waals surface area contributed by atoms with Crippen molar-refractivity contribution in [3.05, 3.63) is 12.2 Å². The van der Waals surface area contributed by atoms with Crippen molar-refractivity contribution >= 4 is 12.6 Å². The van der Waals surface area contributed by atoms with E-state index in [0.717, 1.165) is 6.42 Å². The summed E-state index contributed by atoms with van der Waals surface area (Å²) in [7, 11) is 0. The molecule has 0 aliphatic heterocycles. The van der Waals surface area contributed by atoms with E-state index in [9.17, 15) is 5.11 Å². The fourth-order valence-corrected chi connectivity index (χ4v) is 0.698. The van der Waals surface area contributed by atoms with E-state index >= 15 is 0 Å². The van der Waals surface area contributed by atoms with E-state index in [0.29, 0.717) is 12.2 Å². The van der Waals surface area contributed by atoms with Crippen LogP contribution in [0.15, 0.2) is 12.2 Å². The molecule has 0 aromatic rings. The predicted octanol–water partition coefficient (Wildman–Crippen LogP) is 2.02. The Labute approximate surface area is 68.6 Å². The summed E-state index contributed by atoms with van der Waals surface area (Å²) in [5.74, 6) is 0.515. The molecule has 0 aliphatic rings. The predicted molar refractivity (Wildman–Crippen MR) is 48.5 cm³/mol. The minimum absolute atomic E-state index is 0.515. The molecule has 0 radical (unpaired) electrons. The van der Waals surface area contributed by atoms with Gasteiger partial charge < -0.3 is 5.11 Å². The maximum Gasteiger partial charge on any atom is 0.0741 e. The molecule has 0 aromatic heterocycles. The van der Waals surface area contributed by atoms with Gasteiger partial charge in [-0.3, -0.25) is 0 Å². The zero-order chi connectivity index (χ0) is 8.04. The van der Waals surface area contributed by atoms with Crippen molar-refractivity contribution < 1.29 is 5.11 Å². The molecule has 0 fully saturated rings. The standard InChI is InChI=1S/C8H16OS/c1-3-4-5-6-8(2,9)7-10/h4-5,9-10H,3,6-7H2,1-2H3/b5-4+. The monoisotopic (exact) mass is 160 g/mol. The number of hydrogen-bond acceptors (Lipinski definition) is 2. The Morgan fingerprint density at radius 2 is 2.10 bits per heavy atom. The second-order valence-electron chi connectivity index (χ2n) is 2.74. The molecule has 1 atom stereocenters. The summed E-state index contributed by atoms with van der Waals surface area (Å²) in [6.45, 7) is 3.87. The highest BCUT2D eigenvalue weighted by molar-refractivity contribution is 7.80. The maximum absolute atomic E-state index is 9.42. The topological polar surface area (TPSA) is 20.2 Å². The lowest BCUT2D eigenvalue weighted by molar-refractivity contribution is 0.0893. The SMILES string of the molecule is CC/C=C/CC(C)(O)CS. The summed E-state index contributed by atoms with van der Waals surface area (Å²) in [5, 5.41) is 9.42. The highest BCUT2D eigenvalue weighted by Crippen LogP contribution is 2.11. The maximum atomic E-state index is 9.42. The minimum Gasteiger partial charge on any atom is -0.389 e. The van der Waals surface area contributed by atoms with Crippen LogP contribution in [0.1, 0.15) is 26.7 Å². The zero-order valence-corrected chi connectivity index (χ0v) is 7.56. The van der Waals surface area contributed by atoms with Crippen molar-refractivity contribution in [1.29, 1.82) is 0 Å². The first-order valence-corrected chi connectivity index (χ1v) is 4.24. The molecule has 0 saturated heterocycles. The van der Waals surface area contributed by atoms with Gasteiger partial charge in [0.1, 0.15) is 0 Å². The fourth-order valence-electron chi connectivity index (χ4n) is 0.568. The largest absolute Gasteiger partial charge is 0.389 e. The summed E-state index contributed by atoms with van der Waals surface area (Å²) in [6, 6.07) is 0. The van der Waals surface area contributed by atoms with Crippen LogP contribution in [-0.4, -0.2) is 16.5 Å². The molecule has 2 heteroatoms.